The third kappa shape index (κ3) is 2.64. The van der Waals surface area contributed by atoms with Gasteiger partial charge in [0.25, 0.3) is 0 Å². The van der Waals surface area contributed by atoms with E-state index in [-0.39, 0.29) is 0 Å². The topological polar surface area (TPSA) is 38.9 Å². The normalized spacial score (nSPS) is 11.6. The van der Waals surface area contributed by atoms with Gasteiger partial charge in [0.15, 0.2) is 0 Å². The number of benzene rings is 1. The van der Waals surface area contributed by atoms with Crippen molar-refractivity contribution in [3.63, 3.8) is 0 Å². The highest BCUT2D eigenvalue weighted by atomic mass is 79.9. The van der Waals surface area contributed by atoms with E-state index in [1.807, 2.05) is 0 Å². The first kappa shape index (κ1) is 12.9. The maximum Gasteiger partial charge on any atom is 0.416 e. The quantitative estimate of drug-likeness (QED) is 0.859. The van der Waals surface area contributed by atoms with Crippen molar-refractivity contribution in [3.8, 4) is 11.3 Å². The number of nitrogens with two attached hydrogens (primary N) is 1. The molecule has 0 bridgehead atoms. The molecular weight excluding hydrogens is 309 g/mol. The van der Waals surface area contributed by atoms with Crippen molar-refractivity contribution >= 4 is 21.6 Å². The van der Waals surface area contributed by atoms with Crippen LogP contribution in [0, 0.1) is 0 Å². The fraction of sp³-hybridized carbons (Fsp3) is 0.0833. The van der Waals surface area contributed by atoms with Crippen molar-refractivity contribution in [1.29, 1.82) is 0 Å². The minimum absolute atomic E-state index is 0.486. The van der Waals surface area contributed by atoms with Gasteiger partial charge in [-0.05, 0) is 34.1 Å². The zero-order chi connectivity index (χ0) is 13.3. The lowest BCUT2D eigenvalue weighted by Gasteiger charge is -2.08. The van der Waals surface area contributed by atoms with Crippen molar-refractivity contribution < 1.29 is 13.2 Å². The van der Waals surface area contributed by atoms with E-state index >= 15 is 0 Å². The van der Waals surface area contributed by atoms with Crippen molar-refractivity contribution in [1.82, 2.24) is 4.98 Å². The van der Waals surface area contributed by atoms with Crippen LogP contribution in [0.1, 0.15) is 5.56 Å². The monoisotopic (exact) mass is 316 g/mol. The molecule has 0 aliphatic heterocycles. The second-order valence-electron chi connectivity index (χ2n) is 3.67. The molecule has 0 unspecified atom stereocenters. The lowest BCUT2D eigenvalue weighted by molar-refractivity contribution is -0.137. The molecule has 94 valence electrons. The van der Waals surface area contributed by atoms with Gasteiger partial charge in [-0.25, -0.2) is 0 Å². The van der Waals surface area contributed by atoms with Crippen LogP contribution in [-0.4, -0.2) is 4.98 Å². The Kier molecular flexibility index (Phi) is 3.30. The molecule has 1 aromatic carbocycles. The molecule has 2 nitrogen and oxygen atoms in total. The molecule has 6 heteroatoms. The molecule has 0 saturated heterocycles. The fourth-order valence-electron chi connectivity index (χ4n) is 1.44. The average Bonchev–Trinajstić information content (AvgIpc) is 2.32. The first-order chi connectivity index (χ1) is 8.38. The zero-order valence-corrected chi connectivity index (χ0v) is 10.6. The number of hydrogen-bond donors (Lipinski definition) is 1. The number of hydrogen-bond acceptors (Lipinski definition) is 2. The molecular formula is C12H8BrF3N2. The van der Waals surface area contributed by atoms with Crippen LogP contribution in [0.3, 0.4) is 0 Å². The van der Waals surface area contributed by atoms with E-state index in [1.54, 1.807) is 6.07 Å². The van der Waals surface area contributed by atoms with Crippen molar-refractivity contribution in [3.05, 3.63) is 46.6 Å². The van der Waals surface area contributed by atoms with Gasteiger partial charge in [0.05, 0.1) is 15.7 Å². The van der Waals surface area contributed by atoms with Crippen molar-refractivity contribution in [2.24, 2.45) is 0 Å². The number of pyridine rings is 1. The summed E-state index contributed by atoms with van der Waals surface area (Å²) < 4.78 is 37.8. The van der Waals surface area contributed by atoms with Gasteiger partial charge in [-0.1, -0.05) is 12.1 Å². The van der Waals surface area contributed by atoms with Crippen molar-refractivity contribution in [2.75, 3.05) is 5.73 Å². The summed E-state index contributed by atoms with van der Waals surface area (Å²) in [5, 5.41) is 0. The Balaban J connectivity index is 2.37. The van der Waals surface area contributed by atoms with Gasteiger partial charge in [0, 0.05) is 17.4 Å². The zero-order valence-electron chi connectivity index (χ0n) is 9.00. The minimum Gasteiger partial charge on any atom is -0.398 e. The molecule has 1 heterocycles. The van der Waals surface area contributed by atoms with Crippen LogP contribution in [0.2, 0.25) is 0 Å². The van der Waals surface area contributed by atoms with Gasteiger partial charge in [-0.15, -0.1) is 0 Å². The van der Waals surface area contributed by atoms with Gasteiger partial charge >= 0.3 is 6.18 Å². The molecule has 0 spiro atoms. The molecule has 0 radical (unpaired) electrons. The molecule has 0 aliphatic rings. The van der Waals surface area contributed by atoms with E-state index in [9.17, 15) is 13.2 Å². The third-order valence-corrected chi connectivity index (χ3v) is 3.06. The number of nitrogens with zero attached hydrogens (tertiary/aromatic N) is 1. The van der Waals surface area contributed by atoms with E-state index in [0.29, 0.717) is 21.4 Å². The smallest absolute Gasteiger partial charge is 0.398 e. The second kappa shape index (κ2) is 4.61. The highest BCUT2D eigenvalue weighted by Gasteiger charge is 2.29. The first-order valence-electron chi connectivity index (χ1n) is 4.96. The Morgan fingerprint density at radius 1 is 1.11 bits per heavy atom. The Morgan fingerprint density at radius 2 is 1.72 bits per heavy atom. The number of rotatable bonds is 1. The van der Waals surface area contributed by atoms with Crippen LogP contribution in [-0.2, 0) is 6.18 Å². The van der Waals surface area contributed by atoms with Crippen LogP contribution < -0.4 is 5.73 Å². The number of aromatic nitrogens is 1. The lowest BCUT2D eigenvalue weighted by Crippen LogP contribution is -2.04. The predicted octanol–water partition coefficient (Wildman–Crippen LogP) is 4.11. The Morgan fingerprint density at radius 3 is 2.22 bits per heavy atom. The van der Waals surface area contributed by atoms with E-state index in [0.717, 1.165) is 12.1 Å². The SMILES string of the molecule is Nc1cc(-c2ccc(C(F)(F)F)cc2)ncc1Br. The summed E-state index contributed by atoms with van der Waals surface area (Å²) in [5.74, 6) is 0. The van der Waals surface area contributed by atoms with Crippen LogP contribution >= 0.6 is 15.9 Å². The van der Waals surface area contributed by atoms with Crippen LogP contribution in [0.5, 0.6) is 0 Å². The Hall–Kier alpha value is -1.56. The van der Waals surface area contributed by atoms with Gasteiger partial charge in [-0.2, -0.15) is 13.2 Å². The third-order valence-electron chi connectivity index (χ3n) is 2.39. The first-order valence-corrected chi connectivity index (χ1v) is 5.76. The molecule has 1 aromatic heterocycles. The standard InChI is InChI=1S/C12H8BrF3N2/c13-9-6-18-11(5-10(9)17)7-1-3-8(4-2-7)12(14,15)16/h1-6H,(H2,17,18). The summed E-state index contributed by atoms with van der Waals surface area (Å²) in [6, 6.07) is 6.40. The highest BCUT2D eigenvalue weighted by molar-refractivity contribution is 9.10. The summed E-state index contributed by atoms with van der Waals surface area (Å²) in [4.78, 5) is 4.09. The number of halogens is 4. The number of alkyl halides is 3. The average molecular weight is 317 g/mol. The summed E-state index contributed by atoms with van der Waals surface area (Å²) in [7, 11) is 0. The molecule has 18 heavy (non-hydrogen) atoms. The van der Waals surface area contributed by atoms with E-state index < -0.39 is 11.7 Å². The minimum atomic E-state index is -4.33. The summed E-state index contributed by atoms with van der Waals surface area (Å²) in [6.07, 6.45) is -2.81. The fourth-order valence-corrected chi connectivity index (χ4v) is 1.66. The molecule has 0 atom stereocenters. The summed E-state index contributed by atoms with van der Waals surface area (Å²) >= 11 is 3.20. The van der Waals surface area contributed by atoms with Gasteiger partial charge in [0.1, 0.15) is 0 Å². The number of nitrogen functional groups attached to an aromatic ring is 1. The lowest BCUT2D eigenvalue weighted by atomic mass is 10.1. The van der Waals surface area contributed by atoms with E-state index in [1.165, 1.54) is 18.3 Å². The van der Waals surface area contributed by atoms with Gasteiger partial charge in [0.2, 0.25) is 0 Å². The molecule has 0 amide bonds. The molecule has 2 aromatic rings. The van der Waals surface area contributed by atoms with Gasteiger partial charge < -0.3 is 5.73 Å². The number of anilines is 1. The molecule has 0 fully saturated rings. The predicted molar refractivity (Wildman–Crippen MR) is 66.8 cm³/mol. The maximum absolute atomic E-state index is 12.4. The van der Waals surface area contributed by atoms with Crippen LogP contribution in [0.25, 0.3) is 11.3 Å². The van der Waals surface area contributed by atoms with Crippen LogP contribution in [0.15, 0.2) is 41.0 Å². The molecule has 2 rings (SSSR count). The Bertz CT molecular complexity index is 565. The second-order valence-corrected chi connectivity index (χ2v) is 4.52. The highest BCUT2D eigenvalue weighted by Crippen LogP contribution is 2.31. The maximum atomic E-state index is 12.4. The molecule has 2 N–H and O–H groups in total. The summed E-state index contributed by atoms with van der Waals surface area (Å²) in [5.41, 5.74) is 6.61. The largest absolute Gasteiger partial charge is 0.416 e. The van der Waals surface area contributed by atoms with Gasteiger partial charge in [-0.3, -0.25) is 4.98 Å². The Labute approximate surface area is 110 Å². The molecule has 0 aliphatic carbocycles. The van der Waals surface area contributed by atoms with E-state index in [2.05, 4.69) is 20.9 Å². The molecule has 0 saturated carbocycles. The van der Waals surface area contributed by atoms with Crippen molar-refractivity contribution in [2.45, 2.75) is 6.18 Å². The van der Waals surface area contributed by atoms with E-state index in [4.69, 9.17) is 5.73 Å². The van der Waals surface area contributed by atoms with Crippen LogP contribution in [0.4, 0.5) is 18.9 Å². The summed E-state index contributed by atoms with van der Waals surface area (Å²) in [6.45, 7) is 0.